The Kier molecular flexibility index (Phi) is 7.19. The Morgan fingerprint density at radius 2 is 1.94 bits per heavy atom. The second-order valence-electron chi connectivity index (χ2n) is 4.75. The van der Waals surface area contributed by atoms with E-state index in [2.05, 4.69) is 36.4 Å². The fraction of sp³-hybridized carbons (Fsp3) is 1.00. The average molecular weight is 342 g/mol. The summed E-state index contributed by atoms with van der Waals surface area (Å²) in [6.45, 7) is 8.21. The fourth-order valence-corrected chi connectivity index (χ4v) is 2.68. The summed E-state index contributed by atoms with van der Waals surface area (Å²) in [6.07, 6.45) is 2.03. The number of hydrogen-bond donors (Lipinski definition) is 0. The van der Waals surface area contributed by atoms with Crippen molar-refractivity contribution in [1.29, 1.82) is 0 Å². The number of alkyl halides is 1. The van der Waals surface area contributed by atoms with Gasteiger partial charge in [-0.15, -0.1) is 0 Å². The van der Waals surface area contributed by atoms with Gasteiger partial charge in [0.2, 0.25) is 0 Å². The first-order chi connectivity index (χ1) is 7.68. The van der Waals surface area contributed by atoms with Crippen LogP contribution in [0.25, 0.3) is 0 Å². The summed E-state index contributed by atoms with van der Waals surface area (Å²) in [4.78, 5) is 0. The summed E-state index contributed by atoms with van der Waals surface area (Å²) in [6, 6.07) is 0. The van der Waals surface area contributed by atoms with Crippen molar-refractivity contribution in [2.75, 3.05) is 37.5 Å². The molecule has 1 rings (SSSR count). The summed E-state index contributed by atoms with van der Waals surface area (Å²) < 4.78 is 17.9. The molecule has 0 aromatic carbocycles. The number of hydrogen-bond acceptors (Lipinski definition) is 3. The van der Waals surface area contributed by atoms with Crippen LogP contribution in [0.3, 0.4) is 0 Å². The van der Waals surface area contributed by atoms with Gasteiger partial charge < -0.3 is 14.2 Å². The lowest BCUT2D eigenvalue weighted by Gasteiger charge is -2.35. The molecule has 0 bridgehead atoms. The van der Waals surface area contributed by atoms with E-state index >= 15 is 0 Å². The summed E-state index contributed by atoms with van der Waals surface area (Å²) in [5.74, 6) is 0.599. The largest absolute Gasteiger partial charge is 0.381 e. The molecule has 0 aliphatic carbocycles. The van der Waals surface area contributed by atoms with Crippen molar-refractivity contribution in [3.05, 3.63) is 0 Å². The Morgan fingerprint density at radius 3 is 2.50 bits per heavy atom. The molecule has 0 aromatic rings. The van der Waals surface area contributed by atoms with Gasteiger partial charge >= 0.3 is 0 Å². The molecule has 3 nitrogen and oxygen atoms in total. The van der Waals surface area contributed by atoms with Crippen LogP contribution in [0.5, 0.6) is 0 Å². The predicted molar refractivity (Wildman–Crippen MR) is 73.3 cm³/mol. The summed E-state index contributed by atoms with van der Waals surface area (Å²) in [5.41, 5.74) is 0.0417. The monoisotopic (exact) mass is 342 g/mol. The molecule has 96 valence electrons. The Balaban J connectivity index is 2.13. The molecule has 4 heteroatoms. The number of halogens is 1. The van der Waals surface area contributed by atoms with E-state index in [4.69, 9.17) is 14.2 Å². The maximum Gasteiger partial charge on any atom is 0.0816 e. The third-order valence-corrected chi connectivity index (χ3v) is 4.12. The highest BCUT2D eigenvalue weighted by molar-refractivity contribution is 14.1. The van der Waals surface area contributed by atoms with E-state index in [-0.39, 0.29) is 5.60 Å². The summed E-state index contributed by atoms with van der Waals surface area (Å²) >= 11 is 2.41. The zero-order chi connectivity index (χ0) is 11.9. The third kappa shape index (κ3) is 5.29. The molecule has 1 heterocycles. The predicted octanol–water partition coefficient (Wildman–Crippen LogP) is 2.66. The van der Waals surface area contributed by atoms with Crippen LogP contribution in [-0.4, -0.2) is 43.1 Å². The Morgan fingerprint density at radius 1 is 1.25 bits per heavy atom. The van der Waals surface area contributed by atoms with E-state index < -0.39 is 0 Å². The van der Waals surface area contributed by atoms with Crippen LogP contribution in [0.4, 0.5) is 0 Å². The first kappa shape index (κ1) is 14.7. The van der Waals surface area contributed by atoms with Gasteiger partial charge in [0.15, 0.2) is 0 Å². The Labute approximate surface area is 112 Å². The molecule has 0 aromatic heterocycles. The molecule has 0 N–H and O–H groups in total. The highest BCUT2D eigenvalue weighted by Crippen LogP contribution is 2.27. The highest BCUT2D eigenvalue weighted by atomic mass is 127. The van der Waals surface area contributed by atoms with Crippen LogP contribution in [0.1, 0.15) is 26.7 Å². The lowest BCUT2D eigenvalue weighted by atomic mass is 9.97. The molecule has 1 fully saturated rings. The van der Waals surface area contributed by atoms with Gasteiger partial charge in [0.05, 0.1) is 18.8 Å². The van der Waals surface area contributed by atoms with E-state index in [1.54, 1.807) is 0 Å². The van der Waals surface area contributed by atoms with E-state index in [9.17, 15) is 0 Å². The van der Waals surface area contributed by atoms with Gasteiger partial charge in [-0.05, 0) is 5.92 Å². The van der Waals surface area contributed by atoms with Gasteiger partial charge in [0, 0.05) is 37.1 Å². The van der Waals surface area contributed by atoms with Crippen molar-refractivity contribution in [1.82, 2.24) is 0 Å². The molecule has 0 radical (unpaired) electrons. The second-order valence-corrected chi connectivity index (χ2v) is 5.51. The maximum atomic E-state index is 5.99. The SMILES string of the molecule is CC(C)COCCOC1(CI)CCOCC1. The topological polar surface area (TPSA) is 27.7 Å². The first-order valence-electron chi connectivity index (χ1n) is 6.04. The highest BCUT2D eigenvalue weighted by Gasteiger charge is 2.32. The minimum absolute atomic E-state index is 0.0417. The van der Waals surface area contributed by atoms with Crippen molar-refractivity contribution in [3.8, 4) is 0 Å². The van der Waals surface area contributed by atoms with Gasteiger partial charge in [0.25, 0.3) is 0 Å². The molecule has 16 heavy (non-hydrogen) atoms. The quantitative estimate of drug-likeness (QED) is 0.404. The van der Waals surface area contributed by atoms with Crippen molar-refractivity contribution in [3.63, 3.8) is 0 Å². The molecule has 0 atom stereocenters. The first-order valence-corrected chi connectivity index (χ1v) is 7.56. The van der Waals surface area contributed by atoms with Crippen LogP contribution in [0, 0.1) is 5.92 Å². The van der Waals surface area contributed by atoms with Crippen LogP contribution in [-0.2, 0) is 14.2 Å². The standard InChI is InChI=1S/C12H23IO3/c1-11(2)9-15-7-8-16-12(10-13)3-5-14-6-4-12/h11H,3-10H2,1-2H3. The van der Waals surface area contributed by atoms with E-state index in [1.165, 1.54) is 0 Å². The molecule has 1 aliphatic heterocycles. The van der Waals surface area contributed by atoms with Gasteiger partial charge in [0.1, 0.15) is 0 Å². The van der Waals surface area contributed by atoms with Gasteiger partial charge in [-0.25, -0.2) is 0 Å². The van der Waals surface area contributed by atoms with Crippen LogP contribution in [0.15, 0.2) is 0 Å². The van der Waals surface area contributed by atoms with Gasteiger partial charge in [-0.1, -0.05) is 36.4 Å². The maximum absolute atomic E-state index is 5.99. The number of rotatable bonds is 7. The third-order valence-electron chi connectivity index (χ3n) is 2.73. The normalized spacial score (nSPS) is 20.2. The zero-order valence-corrected chi connectivity index (χ0v) is 12.5. The molecule has 1 saturated heterocycles. The molecular weight excluding hydrogens is 319 g/mol. The van der Waals surface area contributed by atoms with Crippen LogP contribution >= 0.6 is 22.6 Å². The van der Waals surface area contributed by atoms with Gasteiger partial charge in [-0.3, -0.25) is 0 Å². The molecule has 0 spiro atoms. The van der Waals surface area contributed by atoms with E-state index in [1.807, 2.05) is 0 Å². The summed E-state index contributed by atoms with van der Waals surface area (Å²) in [7, 11) is 0. The van der Waals surface area contributed by atoms with Crippen molar-refractivity contribution in [2.45, 2.75) is 32.3 Å². The minimum atomic E-state index is 0.0417. The van der Waals surface area contributed by atoms with Crippen LogP contribution < -0.4 is 0 Å². The second kappa shape index (κ2) is 7.84. The smallest absolute Gasteiger partial charge is 0.0816 e. The van der Waals surface area contributed by atoms with Crippen LogP contribution in [0.2, 0.25) is 0 Å². The number of ether oxygens (including phenoxy) is 3. The fourth-order valence-electron chi connectivity index (χ4n) is 1.70. The van der Waals surface area contributed by atoms with Crippen molar-refractivity contribution >= 4 is 22.6 Å². The van der Waals surface area contributed by atoms with Crippen molar-refractivity contribution < 1.29 is 14.2 Å². The van der Waals surface area contributed by atoms with Crippen molar-refractivity contribution in [2.24, 2.45) is 5.92 Å². The molecule has 0 saturated carbocycles. The molecular formula is C12H23IO3. The lowest BCUT2D eigenvalue weighted by Crippen LogP contribution is -2.41. The Hall–Kier alpha value is 0.610. The average Bonchev–Trinajstić information content (AvgIpc) is 2.29. The molecule has 1 aliphatic rings. The lowest BCUT2D eigenvalue weighted by molar-refractivity contribution is -0.107. The molecule has 0 amide bonds. The zero-order valence-electron chi connectivity index (χ0n) is 10.3. The van der Waals surface area contributed by atoms with E-state index in [0.29, 0.717) is 19.1 Å². The van der Waals surface area contributed by atoms with Gasteiger partial charge in [-0.2, -0.15) is 0 Å². The molecule has 0 unspecified atom stereocenters. The minimum Gasteiger partial charge on any atom is -0.381 e. The summed E-state index contributed by atoms with van der Waals surface area (Å²) in [5, 5.41) is 0. The van der Waals surface area contributed by atoms with E-state index in [0.717, 1.165) is 37.1 Å². The Bertz CT molecular complexity index is 179.